The molecule has 0 aliphatic rings. The zero-order valence-corrected chi connectivity index (χ0v) is 12.8. The molecule has 2 aromatic rings. The van der Waals surface area contributed by atoms with Gasteiger partial charge in [0.15, 0.2) is 0 Å². The van der Waals surface area contributed by atoms with E-state index in [4.69, 9.17) is 4.74 Å². The molecule has 0 unspecified atom stereocenters. The number of aromatic nitrogens is 1. The number of carbonyl (C=O) groups is 1. The highest BCUT2D eigenvalue weighted by Crippen LogP contribution is 2.30. The van der Waals surface area contributed by atoms with E-state index in [0.717, 1.165) is 5.69 Å². The summed E-state index contributed by atoms with van der Waals surface area (Å²) in [5.74, 6) is 0.249. The maximum Gasteiger partial charge on any atom is 0.338 e. The van der Waals surface area contributed by atoms with Crippen LogP contribution in [0, 0.1) is 0 Å². The van der Waals surface area contributed by atoms with Crippen molar-refractivity contribution in [3.63, 3.8) is 0 Å². The molecular weight excluding hydrogens is 264 g/mol. The number of carbonyl (C=O) groups excluding carboxylic acids is 1. The molecule has 0 aliphatic heterocycles. The number of hydrogen-bond donors (Lipinski definition) is 1. The van der Waals surface area contributed by atoms with Crippen LogP contribution in [0.1, 0.15) is 36.7 Å². The Morgan fingerprint density at radius 2 is 1.90 bits per heavy atom. The Labute approximate surface area is 125 Å². The number of ether oxygens (including phenoxy) is 1. The standard InChI is InChI=1S/C17H20N2O2/c1-17(2,3)13-7-5-6-8-14(13)19-15-11-12(9-10-18-15)16(20)21-4/h5-11H,1-4H3,(H,18,19). The van der Waals surface area contributed by atoms with Gasteiger partial charge in [-0.05, 0) is 29.2 Å². The van der Waals surface area contributed by atoms with Gasteiger partial charge in [-0.1, -0.05) is 39.0 Å². The van der Waals surface area contributed by atoms with Crippen LogP contribution in [-0.2, 0) is 10.2 Å². The SMILES string of the molecule is COC(=O)c1ccnc(Nc2ccccc2C(C)(C)C)c1. The summed E-state index contributed by atoms with van der Waals surface area (Å²) in [4.78, 5) is 15.8. The lowest BCUT2D eigenvalue weighted by Crippen LogP contribution is -2.13. The van der Waals surface area contributed by atoms with Crippen LogP contribution in [0.4, 0.5) is 11.5 Å². The second-order valence-electron chi connectivity index (χ2n) is 5.84. The van der Waals surface area contributed by atoms with Crippen LogP contribution in [0.25, 0.3) is 0 Å². The van der Waals surface area contributed by atoms with E-state index < -0.39 is 0 Å². The lowest BCUT2D eigenvalue weighted by molar-refractivity contribution is 0.0600. The summed E-state index contributed by atoms with van der Waals surface area (Å²) < 4.78 is 4.72. The van der Waals surface area contributed by atoms with Crippen LogP contribution in [-0.4, -0.2) is 18.1 Å². The quantitative estimate of drug-likeness (QED) is 0.868. The number of nitrogens with zero attached hydrogens (tertiary/aromatic N) is 1. The molecule has 0 fully saturated rings. The molecule has 4 nitrogen and oxygen atoms in total. The third kappa shape index (κ3) is 3.60. The van der Waals surface area contributed by atoms with Gasteiger partial charge in [0.2, 0.25) is 0 Å². The lowest BCUT2D eigenvalue weighted by Gasteiger charge is -2.23. The maximum atomic E-state index is 11.6. The van der Waals surface area contributed by atoms with Gasteiger partial charge >= 0.3 is 5.97 Å². The van der Waals surface area contributed by atoms with Crippen molar-refractivity contribution >= 4 is 17.5 Å². The Morgan fingerprint density at radius 3 is 2.57 bits per heavy atom. The highest BCUT2D eigenvalue weighted by atomic mass is 16.5. The molecule has 0 saturated heterocycles. The zero-order chi connectivity index (χ0) is 15.5. The molecule has 0 atom stereocenters. The maximum absolute atomic E-state index is 11.6. The van der Waals surface area contributed by atoms with E-state index in [0.29, 0.717) is 11.4 Å². The first-order valence-electron chi connectivity index (χ1n) is 6.83. The average molecular weight is 284 g/mol. The molecule has 1 aromatic heterocycles. The van der Waals surface area contributed by atoms with Crippen molar-refractivity contribution < 1.29 is 9.53 Å². The van der Waals surface area contributed by atoms with E-state index in [-0.39, 0.29) is 11.4 Å². The van der Waals surface area contributed by atoms with Crippen molar-refractivity contribution in [2.45, 2.75) is 26.2 Å². The number of benzene rings is 1. The summed E-state index contributed by atoms with van der Waals surface area (Å²) in [5, 5.41) is 3.28. The third-order valence-corrected chi connectivity index (χ3v) is 3.18. The molecule has 0 aliphatic carbocycles. The Morgan fingerprint density at radius 1 is 1.19 bits per heavy atom. The lowest BCUT2D eigenvalue weighted by atomic mass is 9.86. The Hall–Kier alpha value is -2.36. The summed E-state index contributed by atoms with van der Waals surface area (Å²) in [7, 11) is 1.37. The van der Waals surface area contributed by atoms with Crippen LogP contribution in [0.3, 0.4) is 0 Å². The first-order chi connectivity index (χ1) is 9.91. The summed E-state index contributed by atoms with van der Waals surface area (Å²) in [6, 6.07) is 11.4. The van der Waals surface area contributed by atoms with Crippen molar-refractivity contribution in [3.05, 3.63) is 53.7 Å². The summed E-state index contributed by atoms with van der Waals surface area (Å²) in [6.07, 6.45) is 1.59. The monoisotopic (exact) mass is 284 g/mol. The van der Waals surface area contributed by atoms with Gasteiger partial charge in [0.05, 0.1) is 12.7 Å². The van der Waals surface area contributed by atoms with E-state index in [9.17, 15) is 4.79 Å². The molecule has 110 valence electrons. The predicted octanol–water partition coefficient (Wildman–Crippen LogP) is 3.91. The van der Waals surface area contributed by atoms with Gasteiger partial charge < -0.3 is 10.1 Å². The third-order valence-electron chi connectivity index (χ3n) is 3.18. The number of pyridine rings is 1. The molecule has 4 heteroatoms. The second kappa shape index (κ2) is 5.95. The first kappa shape index (κ1) is 15.0. The number of anilines is 2. The molecule has 1 heterocycles. The minimum absolute atomic E-state index is 0.0174. The van der Waals surface area contributed by atoms with E-state index in [1.54, 1.807) is 18.3 Å². The second-order valence-corrected chi connectivity index (χ2v) is 5.84. The molecule has 0 spiro atoms. The molecule has 0 bridgehead atoms. The molecule has 0 radical (unpaired) electrons. The van der Waals surface area contributed by atoms with Crippen LogP contribution >= 0.6 is 0 Å². The number of rotatable bonds is 3. The van der Waals surface area contributed by atoms with Crippen molar-refractivity contribution in [3.8, 4) is 0 Å². The Balaban J connectivity index is 2.33. The molecule has 21 heavy (non-hydrogen) atoms. The summed E-state index contributed by atoms with van der Waals surface area (Å²) in [6.45, 7) is 6.48. The van der Waals surface area contributed by atoms with Gasteiger partial charge in [0.25, 0.3) is 0 Å². The van der Waals surface area contributed by atoms with E-state index in [1.807, 2.05) is 18.2 Å². The van der Waals surface area contributed by atoms with Crippen LogP contribution < -0.4 is 5.32 Å². The molecule has 1 N–H and O–H groups in total. The fraction of sp³-hybridized carbons (Fsp3) is 0.294. The number of para-hydroxylation sites is 1. The summed E-state index contributed by atoms with van der Waals surface area (Å²) in [5.41, 5.74) is 2.67. The van der Waals surface area contributed by atoms with Gasteiger partial charge in [0, 0.05) is 11.9 Å². The predicted molar refractivity (Wildman–Crippen MR) is 84.0 cm³/mol. The Bertz CT molecular complexity index is 645. The van der Waals surface area contributed by atoms with Crippen molar-refractivity contribution in [1.82, 2.24) is 4.98 Å². The normalized spacial score (nSPS) is 11.0. The molecular formula is C17H20N2O2. The molecule has 1 aromatic carbocycles. The minimum atomic E-state index is -0.371. The first-order valence-corrected chi connectivity index (χ1v) is 6.83. The van der Waals surface area contributed by atoms with Gasteiger partial charge in [-0.3, -0.25) is 0 Å². The van der Waals surface area contributed by atoms with Gasteiger partial charge in [-0.15, -0.1) is 0 Å². The molecule has 0 saturated carbocycles. The smallest absolute Gasteiger partial charge is 0.338 e. The van der Waals surface area contributed by atoms with Gasteiger partial charge in [-0.25, -0.2) is 9.78 Å². The number of esters is 1. The number of nitrogens with one attached hydrogen (secondary N) is 1. The topological polar surface area (TPSA) is 51.2 Å². The fourth-order valence-electron chi connectivity index (χ4n) is 2.13. The van der Waals surface area contributed by atoms with Crippen LogP contribution in [0.5, 0.6) is 0 Å². The van der Waals surface area contributed by atoms with Crippen molar-refractivity contribution in [1.29, 1.82) is 0 Å². The minimum Gasteiger partial charge on any atom is -0.465 e. The number of hydrogen-bond acceptors (Lipinski definition) is 4. The zero-order valence-electron chi connectivity index (χ0n) is 12.8. The van der Waals surface area contributed by atoms with Crippen molar-refractivity contribution in [2.75, 3.05) is 12.4 Å². The van der Waals surface area contributed by atoms with Gasteiger partial charge in [-0.2, -0.15) is 0 Å². The van der Waals surface area contributed by atoms with E-state index in [1.165, 1.54) is 12.7 Å². The Kier molecular flexibility index (Phi) is 4.26. The van der Waals surface area contributed by atoms with E-state index >= 15 is 0 Å². The molecule has 2 rings (SSSR count). The largest absolute Gasteiger partial charge is 0.465 e. The fourth-order valence-corrected chi connectivity index (χ4v) is 2.13. The summed E-state index contributed by atoms with van der Waals surface area (Å²) >= 11 is 0. The van der Waals surface area contributed by atoms with Crippen molar-refractivity contribution in [2.24, 2.45) is 0 Å². The van der Waals surface area contributed by atoms with E-state index in [2.05, 4.69) is 37.1 Å². The van der Waals surface area contributed by atoms with Crippen LogP contribution in [0.15, 0.2) is 42.6 Å². The highest BCUT2D eigenvalue weighted by molar-refractivity contribution is 5.90. The number of methoxy groups -OCH3 is 1. The molecule has 0 amide bonds. The van der Waals surface area contributed by atoms with Crippen LogP contribution in [0.2, 0.25) is 0 Å². The van der Waals surface area contributed by atoms with Gasteiger partial charge in [0.1, 0.15) is 5.82 Å². The average Bonchev–Trinajstić information content (AvgIpc) is 2.46. The highest BCUT2D eigenvalue weighted by Gasteiger charge is 2.17.